The number of carbonyl (C=O) groups is 2. The van der Waals surface area contributed by atoms with Crippen molar-refractivity contribution >= 4 is 11.8 Å². The van der Waals surface area contributed by atoms with E-state index in [4.69, 9.17) is 0 Å². The second-order valence-electron chi connectivity index (χ2n) is 7.55. The Hall–Kier alpha value is -2.62. The maximum atomic E-state index is 12.5. The fraction of sp³-hybridized carbons (Fsp3) is 0.364. The molecule has 4 heteroatoms. The number of benzene rings is 2. The summed E-state index contributed by atoms with van der Waals surface area (Å²) in [6, 6.07) is 17.7. The van der Waals surface area contributed by atoms with E-state index in [0.29, 0.717) is 25.1 Å². The number of hydrogen-bond donors (Lipinski definition) is 1. The van der Waals surface area contributed by atoms with Gasteiger partial charge >= 0.3 is 0 Å². The lowest BCUT2D eigenvalue weighted by molar-refractivity contribution is -0.128. The zero-order chi connectivity index (χ0) is 18.6. The van der Waals surface area contributed by atoms with Crippen molar-refractivity contribution in [1.29, 1.82) is 0 Å². The van der Waals surface area contributed by atoms with Gasteiger partial charge in [-0.05, 0) is 29.7 Å². The van der Waals surface area contributed by atoms with Gasteiger partial charge in [-0.15, -0.1) is 0 Å². The molecule has 0 aromatic heterocycles. The minimum atomic E-state index is -0.132. The molecule has 26 heavy (non-hydrogen) atoms. The van der Waals surface area contributed by atoms with Crippen molar-refractivity contribution in [2.45, 2.75) is 38.6 Å². The van der Waals surface area contributed by atoms with E-state index in [-0.39, 0.29) is 17.2 Å². The molecule has 0 bridgehead atoms. The third kappa shape index (κ3) is 4.31. The van der Waals surface area contributed by atoms with Crippen LogP contribution in [0.2, 0.25) is 0 Å². The monoisotopic (exact) mass is 350 g/mol. The first kappa shape index (κ1) is 18.2. The molecule has 0 spiro atoms. The van der Waals surface area contributed by atoms with Crippen molar-refractivity contribution in [3.8, 4) is 0 Å². The molecule has 2 amide bonds. The van der Waals surface area contributed by atoms with Crippen LogP contribution < -0.4 is 5.32 Å². The van der Waals surface area contributed by atoms with E-state index in [2.05, 4.69) is 31.3 Å². The zero-order valence-electron chi connectivity index (χ0n) is 15.5. The summed E-state index contributed by atoms with van der Waals surface area (Å²) in [6.45, 7) is 6.27. The molecule has 4 nitrogen and oxygen atoms in total. The molecule has 3 rings (SSSR count). The molecule has 2 aromatic rings. The van der Waals surface area contributed by atoms with Gasteiger partial charge in [-0.1, -0.05) is 56.3 Å². The largest absolute Gasteiger partial charge is 0.351 e. The summed E-state index contributed by atoms with van der Waals surface area (Å²) < 4.78 is 0. The van der Waals surface area contributed by atoms with E-state index in [1.54, 1.807) is 0 Å². The number of amides is 2. The maximum Gasteiger partial charge on any atom is 0.251 e. The summed E-state index contributed by atoms with van der Waals surface area (Å²) in [5.74, 6) is 0.146. The van der Waals surface area contributed by atoms with Gasteiger partial charge in [0.2, 0.25) is 5.91 Å². The average molecular weight is 350 g/mol. The summed E-state index contributed by atoms with van der Waals surface area (Å²) in [6.07, 6.45) is 1.59. The van der Waals surface area contributed by atoms with Crippen molar-refractivity contribution in [3.63, 3.8) is 0 Å². The Balaban J connectivity index is 1.57. The normalized spacial score (nSPS) is 14.5. The molecule has 1 saturated heterocycles. The summed E-state index contributed by atoms with van der Waals surface area (Å²) >= 11 is 0. The molecule has 0 unspecified atom stereocenters. The minimum absolute atomic E-state index is 0.0715. The third-order valence-corrected chi connectivity index (χ3v) is 5.01. The van der Waals surface area contributed by atoms with Gasteiger partial charge in [-0.3, -0.25) is 9.59 Å². The molecule has 0 saturated carbocycles. The van der Waals surface area contributed by atoms with Gasteiger partial charge in [-0.25, -0.2) is 0 Å². The lowest BCUT2D eigenvalue weighted by atomic mass is 9.84. The van der Waals surface area contributed by atoms with Gasteiger partial charge in [0.1, 0.15) is 0 Å². The fourth-order valence-electron chi connectivity index (χ4n) is 3.25. The van der Waals surface area contributed by atoms with Gasteiger partial charge < -0.3 is 10.2 Å². The van der Waals surface area contributed by atoms with Crippen molar-refractivity contribution in [2.24, 2.45) is 0 Å². The fourth-order valence-corrected chi connectivity index (χ4v) is 3.25. The lowest BCUT2D eigenvalue weighted by Gasteiger charge is -2.25. The van der Waals surface area contributed by atoms with Crippen LogP contribution in [-0.4, -0.2) is 29.8 Å². The predicted molar refractivity (Wildman–Crippen MR) is 103 cm³/mol. The first-order chi connectivity index (χ1) is 12.5. The van der Waals surface area contributed by atoms with Crippen molar-refractivity contribution < 1.29 is 9.59 Å². The second-order valence-corrected chi connectivity index (χ2v) is 7.55. The Morgan fingerprint density at radius 2 is 1.77 bits per heavy atom. The van der Waals surface area contributed by atoms with E-state index >= 15 is 0 Å². The first-order valence-corrected chi connectivity index (χ1v) is 9.16. The molecule has 2 aromatic carbocycles. The van der Waals surface area contributed by atoms with Gasteiger partial charge in [0.25, 0.3) is 5.91 Å². The molecular weight excluding hydrogens is 324 g/mol. The highest BCUT2D eigenvalue weighted by molar-refractivity contribution is 5.94. The minimum Gasteiger partial charge on any atom is -0.351 e. The van der Waals surface area contributed by atoms with Crippen LogP contribution in [0.4, 0.5) is 0 Å². The smallest absolute Gasteiger partial charge is 0.251 e. The molecular formula is C22H26N2O2. The summed E-state index contributed by atoms with van der Waals surface area (Å²) in [5.41, 5.74) is 2.77. The van der Waals surface area contributed by atoms with Crippen molar-refractivity contribution in [3.05, 3.63) is 71.3 Å². The zero-order valence-corrected chi connectivity index (χ0v) is 15.5. The van der Waals surface area contributed by atoms with Gasteiger partial charge in [0.05, 0.1) is 0 Å². The van der Waals surface area contributed by atoms with Gasteiger partial charge in [-0.2, -0.15) is 0 Å². The Labute approximate surface area is 155 Å². The van der Waals surface area contributed by atoms with Crippen LogP contribution in [0.3, 0.4) is 0 Å². The molecule has 1 N–H and O–H groups in total. The van der Waals surface area contributed by atoms with E-state index < -0.39 is 0 Å². The molecule has 136 valence electrons. The highest BCUT2D eigenvalue weighted by atomic mass is 16.2. The quantitative estimate of drug-likeness (QED) is 0.867. The van der Waals surface area contributed by atoms with E-state index in [1.807, 2.05) is 47.4 Å². The van der Waals surface area contributed by atoms with Crippen LogP contribution in [0.5, 0.6) is 0 Å². The summed E-state index contributed by atoms with van der Waals surface area (Å²) in [5, 5.41) is 3.03. The average Bonchev–Trinajstić information content (AvgIpc) is 3.06. The Morgan fingerprint density at radius 1 is 1.08 bits per heavy atom. The van der Waals surface area contributed by atoms with Crippen LogP contribution >= 0.6 is 0 Å². The Bertz CT molecular complexity index is 766. The Morgan fingerprint density at radius 3 is 2.38 bits per heavy atom. The predicted octanol–water partition coefficient (Wildman–Crippen LogP) is 3.52. The molecule has 0 atom stereocenters. The number of nitrogens with zero attached hydrogens (tertiary/aromatic N) is 1. The van der Waals surface area contributed by atoms with Crippen LogP contribution in [-0.2, 0) is 16.8 Å². The van der Waals surface area contributed by atoms with Crippen molar-refractivity contribution in [2.75, 3.05) is 13.1 Å². The lowest BCUT2D eigenvalue weighted by Crippen LogP contribution is -2.36. The number of likely N-dealkylation sites (tertiary alicyclic amines) is 1. The summed E-state index contributed by atoms with van der Waals surface area (Å²) in [7, 11) is 0. The highest BCUT2D eigenvalue weighted by Gasteiger charge is 2.22. The Kier molecular flexibility index (Phi) is 5.40. The van der Waals surface area contributed by atoms with E-state index in [1.165, 1.54) is 5.56 Å². The first-order valence-electron chi connectivity index (χ1n) is 9.16. The topological polar surface area (TPSA) is 49.4 Å². The van der Waals surface area contributed by atoms with Crippen LogP contribution in [0.1, 0.15) is 48.2 Å². The molecule has 1 aliphatic heterocycles. The molecule has 1 aliphatic rings. The maximum absolute atomic E-state index is 12.5. The molecule has 0 aliphatic carbocycles. The molecule has 0 radical (unpaired) electrons. The van der Waals surface area contributed by atoms with Crippen LogP contribution in [0.25, 0.3) is 0 Å². The SMILES string of the molecule is CC(C)(CNC(=O)c1ccc(CN2CCCC2=O)cc1)c1ccccc1. The highest BCUT2D eigenvalue weighted by Crippen LogP contribution is 2.22. The number of rotatable bonds is 6. The number of hydrogen-bond acceptors (Lipinski definition) is 2. The molecule has 1 fully saturated rings. The van der Waals surface area contributed by atoms with Gasteiger partial charge in [0.15, 0.2) is 0 Å². The third-order valence-electron chi connectivity index (χ3n) is 5.01. The van der Waals surface area contributed by atoms with E-state index in [0.717, 1.165) is 18.5 Å². The second kappa shape index (κ2) is 7.73. The van der Waals surface area contributed by atoms with E-state index in [9.17, 15) is 9.59 Å². The van der Waals surface area contributed by atoms with Crippen molar-refractivity contribution in [1.82, 2.24) is 10.2 Å². The number of nitrogens with one attached hydrogen (secondary N) is 1. The van der Waals surface area contributed by atoms with Crippen LogP contribution in [0.15, 0.2) is 54.6 Å². The van der Waals surface area contributed by atoms with Crippen LogP contribution in [0, 0.1) is 0 Å². The molecule has 1 heterocycles. The number of carbonyl (C=O) groups excluding carboxylic acids is 2. The van der Waals surface area contributed by atoms with Gasteiger partial charge in [0, 0.05) is 37.0 Å². The standard InChI is InChI=1S/C22H26N2O2/c1-22(2,19-7-4-3-5-8-19)16-23-21(26)18-12-10-17(11-13-18)15-24-14-6-9-20(24)25/h3-5,7-8,10-13H,6,9,14-16H2,1-2H3,(H,23,26). The summed E-state index contributed by atoms with van der Waals surface area (Å²) in [4.78, 5) is 26.0.